The molecule has 4 nitrogen and oxygen atoms in total. The number of hydrogen-bond acceptors (Lipinski definition) is 3. The molecule has 0 aromatic heterocycles. The molecule has 2 N–H and O–H groups in total. The first-order valence-corrected chi connectivity index (χ1v) is 7.12. The zero-order valence-electron chi connectivity index (χ0n) is 11.5. The minimum Gasteiger partial charge on any atom is -0.479 e. The molecule has 0 bridgehead atoms. The number of ether oxygens (including phenoxy) is 1. The molecule has 0 saturated carbocycles. The highest BCUT2D eigenvalue weighted by Gasteiger charge is 2.16. The highest BCUT2D eigenvalue weighted by Crippen LogP contribution is 2.24. The van der Waals surface area contributed by atoms with Gasteiger partial charge in [0.2, 0.25) is 0 Å². The Bertz CT molecular complexity index is 502. The van der Waals surface area contributed by atoms with Gasteiger partial charge in [0, 0.05) is 13.1 Å². The highest BCUT2D eigenvalue weighted by atomic mass is 35.5. The van der Waals surface area contributed by atoms with E-state index in [4.69, 9.17) is 16.3 Å². The van der Waals surface area contributed by atoms with Crippen LogP contribution in [0.2, 0.25) is 5.02 Å². The Labute approximate surface area is 124 Å². The van der Waals surface area contributed by atoms with Crippen LogP contribution in [-0.2, 0) is 4.79 Å². The summed E-state index contributed by atoms with van der Waals surface area (Å²) >= 11 is 6.00. The molecule has 1 atom stereocenters. The summed E-state index contributed by atoms with van der Waals surface area (Å²) in [5.41, 5.74) is 1.25. The number of carbonyl (C=O) groups excluding carboxylic acids is 1. The lowest BCUT2D eigenvalue weighted by Crippen LogP contribution is -2.38. The highest BCUT2D eigenvalue weighted by molar-refractivity contribution is 6.32. The molecule has 1 aromatic carbocycles. The van der Waals surface area contributed by atoms with Crippen molar-refractivity contribution in [2.24, 2.45) is 0 Å². The van der Waals surface area contributed by atoms with Crippen molar-refractivity contribution in [1.82, 2.24) is 10.6 Å². The smallest absolute Gasteiger partial charge is 0.261 e. The number of benzene rings is 1. The van der Waals surface area contributed by atoms with Crippen LogP contribution >= 0.6 is 11.6 Å². The minimum absolute atomic E-state index is 0.135. The van der Waals surface area contributed by atoms with Crippen molar-refractivity contribution < 1.29 is 9.53 Å². The van der Waals surface area contributed by atoms with E-state index in [0.717, 1.165) is 19.5 Å². The van der Waals surface area contributed by atoms with Crippen molar-refractivity contribution in [2.45, 2.75) is 19.4 Å². The van der Waals surface area contributed by atoms with Crippen LogP contribution < -0.4 is 15.4 Å². The third kappa shape index (κ3) is 4.25. The molecule has 5 heteroatoms. The Balaban J connectivity index is 1.83. The van der Waals surface area contributed by atoms with E-state index in [1.807, 2.05) is 12.1 Å². The van der Waals surface area contributed by atoms with Crippen molar-refractivity contribution in [3.8, 4) is 5.75 Å². The molecule has 1 aliphatic rings. The second kappa shape index (κ2) is 7.31. The number of para-hydroxylation sites is 1. The number of amides is 1. The molecule has 0 aliphatic carbocycles. The number of halogens is 1. The Morgan fingerprint density at radius 1 is 1.50 bits per heavy atom. The summed E-state index contributed by atoms with van der Waals surface area (Å²) < 4.78 is 5.57. The molecule has 1 amide bonds. The molecule has 0 radical (unpaired) electrons. The Hall–Kier alpha value is -1.52. The van der Waals surface area contributed by atoms with E-state index in [1.54, 1.807) is 19.1 Å². The summed E-state index contributed by atoms with van der Waals surface area (Å²) in [6.07, 6.45) is 2.51. The largest absolute Gasteiger partial charge is 0.479 e. The first kappa shape index (κ1) is 14.9. The normalized spacial score (nSPS) is 16.2. The maximum Gasteiger partial charge on any atom is 0.261 e. The van der Waals surface area contributed by atoms with E-state index in [-0.39, 0.29) is 5.91 Å². The fraction of sp³-hybridized carbons (Fsp3) is 0.400. The Kier molecular flexibility index (Phi) is 5.44. The van der Waals surface area contributed by atoms with Crippen LogP contribution in [0, 0.1) is 0 Å². The van der Waals surface area contributed by atoms with Gasteiger partial charge in [-0.25, -0.2) is 0 Å². The van der Waals surface area contributed by atoms with Gasteiger partial charge in [-0.15, -0.1) is 0 Å². The average molecular weight is 295 g/mol. The van der Waals surface area contributed by atoms with E-state index in [1.165, 1.54) is 5.57 Å². The first-order valence-electron chi connectivity index (χ1n) is 6.74. The number of carbonyl (C=O) groups is 1. The Morgan fingerprint density at radius 3 is 3.00 bits per heavy atom. The Morgan fingerprint density at radius 2 is 2.30 bits per heavy atom. The van der Waals surface area contributed by atoms with Crippen molar-refractivity contribution >= 4 is 17.5 Å². The van der Waals surface area contributed by atoms with E-state index in [2.05, 4.69) is 16.7 Å². The first-order chi connectivity index (χ1) is 9.66. The van der Waals surface area contributed by atoms with E-state index in [0.29, 0.717) is 17.3 Å². The second-order valence-corrected chi connectivity index (χ2v) is 5.13. The number of hydrogen-bond donors (Lipinski definition) is 2. The van der Waals surface area contributed by atoms with Gasteiger partial charge in [0.15, 0.2) is 6.10 Å². The molecule has 0 spiro atoms. The van der Waals surface area contributed by atoms with Crippen LogP contribution in [0.4, 0.5) is 0 Å². The molecule has 1 aromatic rings. The van der Waals surface area contributed by atoms with Crippen molar-refractivity contribution in [2.75, 3.05) is 19.6 Å². The third-order valence-corrected chi connectivity index (χ3v) is 3.47. The topological polar surface area (TPSA) is 50.4 Å². The van der Waals surface area contributed by atoms with Crippen molar-refractivity contribution in [3.05, 3.63) is 40.9 Å². The molecule has 1 heterocycles. The quantitative estimate of drug-likeness (QED) is 0.818. The molecule has 108 valence electrons. The summed E-state index contributed by atoms with van der Waals surface area (Å²) in [5.74, 6) is 0.391. The summed E-state index contributed by atoms with van der Waals surface area (Å²) in [6, 6.07) is 7.14. The summed E-state index contributed by atoms with van der Waals surface area (Å²) in [4.78, 5) is 12.0. The zero-order valence-corrected chi connectivity index (χ0v) is 12.2. The van der Waals surface area contributed by atoms with Crippen molar-refractivity contribution in [1.29, 1.82) is 0 Å². The van der Waals surface area contributed by atoms with E-state index < -0.39 is 6.10 Å². The number of nitrogens with one attached hydrogen (secondary N) is 2. The molecule has 1 unspecified atom stereocenters. The fourth-order valence-corrected chi connectivity index (χ4v) is 2.14. The van der Waals surface area contributed by atoms with Gasteiger partial charge in [-0.05, 0) is 32.0 Å². The zero-order chi connectivity index (χ0) is 14.4. The van der Waals surface area contributed by atoms with Gasteiger partial charge < -0.3 is 15.4 Å². The SMILES string of the molecule is CC(Oc1ccccc1Cl)C(=O)NCC1=CCNCC1. The molecular formula is C15H19ClN2O2. The maximum atomic E-state index is 12.0. The van der Waals surface area contributed by atoms with Crippen LogP contribution in [0.5, 0.6) is 5.75 Å². The number of rotatable bonds is 5. The van der Waals surface area contributed by atoms with Crippen LogP contribution in [0.1, 0.15) is 13.3 Å². The van der Waals surface area contributed by atoms with Crippen LogP contribution in [-0.4, -0.2) is 31.6 Å². The van der Waals surface area contributed by atoms with E-state index in [9.17, 15) is 4.79 Å². The predicted octanol–water partition coefficient (Wildman–Crippen LogP) is 2.14. The van der Waals surface area contributed by atoms with E-state index >= 15 is 0 Å². The standard InChI is InChI=1S/C15H19ClN2O2/c1-11(20-14-5-3-2-4-13(14)16)15(19)18-10-12-6-8-17-9-7-12/h2-6,11,17H,7-10H2,1H3,(H,18,19). The monoisotopic (exact) mass is 294 g/mol. The fourth-order valence-electron chi connectivity index (χ4n) is 1.96. The van der Waals surface area contributed by atoms with Gasteiger partial charge in [0.05, 0.1) is 5.02 Å². The second-order valence-electron chi connectivity index (χ2n) is 4.72. The molecule has 0 fully saturated rings. The van der Waals surface area contributed by atoms with Gasteiger partial charge in [-0.1, -0.05) is 35.4 Å². The molecule has 20 heavy (non-hydrogen) atoms. The molecule has 0 saturated heterocycles. The van der Waals surface area contributed by atoms with Gasteiger partial charge >= 0.3 is 0 Å². The van der Waals surface area contributed by atoms with Gasteiger partial charge in [-0.2, -0.15) is 0 Å². The average Bonchev–Trinajstić information content (AvgIpc) is 2.48. The van der Waals surface area contributed by atoms with Gasteiger partial charge in [-0.3, -0.25) is 4.79 Å². The summed E-state index contributed by atoms with van der Waals surface area (Å²) in [6.45, 7) is 4.14. The summed E-state index contributed by atoms with van der Waals surface area (Å²) in [7, 11) is 0. The molecular weight excluding hydrogens is 276 g/mol. The molecule has 1 aliphatic heterocycles. The van der Waals surface area contributed by atoms with Crippen molar-refractivity contribution in [3.63, 3.8) is 0 Å². The summed E-state index contributed by atoms with van der Waals surface area (Å²) in [5, 5.41) is 6.63. The lowest BCUT2D eigenvalue weighted by molar-refractivity contribution is -0.127. The van der Waals surface area contributed by atoms with Crippen LogP contribution in [0.3, 0.4) is 0 Å². The predicted molar refractivity (Wildman–Crippen MR) is 80.1 cm³/mol. The van der Waals surface area contributed by atoms with Gasteiger partial charge in [0.1, 0.15) is 5.75 Å². The molecule has 2 rings (SSSR count). The lowest BCUT2D eigenvalue weighted by Gasteiger charge is -2.18. The third-order valence-electron chi connectivity index (χ3n) is 3.16. The van der Waals surface area contributed by atoms with Crippen LogP contribution in [0.25, 0.3) is 0 Å². The van der Waals surface area contributed by atoms with Gasteiger partial charge in [0.25, 0.3) is 5.91 Å². The lowest BCUT2D eigenvalue weighted by atomic mass is 10.1. The maximum absolute atomic E-state index is 12.0. The van der Waals surface area contributed by atoms with Crippen LogP contribution in [0.15, 0.2) is 35.9 Å². The minimum atomic E-state index is -0.572.